The van der Waals surface area contributed by atoms with E-state index in [1.54, 1.807) is 6.07 Å². The third kappa shape index (κ3) is 2.81. The maximum atomic E-state index is 11.9. The zero-order chi connectivity index (χ0) is 17.4. The number of phenols is 1. The van der Waals surface area contributed by atoms with Gasteiger partial charge in [-0.2, -0.15) is 0 Å². The molecule has 0 aromatic heterocycles. The van der Waals surface area contributed by atoms with Gasteiger partial charge in [-0.05, 0) is 82.4 Å². The van der Waals surface area contributed by atoms with Crippen molar-refractivity contribution in [3.8, 4) is 5.75 Å². The Balaban J connectivity index is 2.14. The van der Waals surface area contributed by atoms with E-state index in [-0.39, 0.29) is 11.4 Å². The van der Waals surface area contributed by atoms with E-state index in [9.17, 15) is 9.90 Å². The summed E-state index contributed by atoms with van der Waals surface area (Å²) in [6.45, 7) is 2.47. The second-order valence-electron chi connectivity index (χ2n) is 7.77. The third-order valence-corrected chi connectivity index (χ3v) is 6.04. The number of hydrogen-bond donors (Lipinski definition) is 1. The quantitative estimate of drug-likeness (QED) is 0.859. The van der Waals surface area contributed by atoms with E-state index < -0.39 is 5.60 Å². The van der Waals surface area contributed by atoms with Crippen LogP contribution >= 0.6 is 0 Å². The van der Waals surface area contributed by atoms with Gasteiger partial charge in [0.2, 0.25) is 0 Å². The molecule has 0 saturated heterocycles. The topological polar surface area (TPSA) is 49.8 Å². The summed E-state index contributed by atoms with van der Waals surface area (Å²) < 4.78 is 6.08. The lowest BCUT2D eigenvalue weighted by molar-refractivity contribution is -0.177. The Morgan fingerprint density at radius 3 is 2.71 bits per heavy atom. The van der Waals surface area contributed by atoms with Crippen LogP contribution in [-0.2, 0) is 21.4 Å². The molecule has 0 spiro atoms. The predicted octanol–water partition coefficient (Wildman–Crippen LogP) is 3.40. The molecular formula is C20H29NO3. The molecule has 1 fully saturated rings. The van der Waals surface area contributed by atoms with Crippen LogP contribution in [0.15, 0.2) is 18.2 Å². The van der Waals surface area contributed by atoms with Crippen molar-refractivity contribution >= 4 is 5.97 Å². The van der Waals surface area contributed by atoms with Crippen molar-refractivity contribution in [2.24, 2.45) is 0 Å². The van der Waals surface area contributed by atoms with Gasteiger partial charge in [0.05, 0.1) is 0 Å². The first-order chi connectivity index (χ1) is 11.4. The maximum absolute atomic E-state index is 11.9. The van der Waals surface area contributed by atoms with Gasteiger partial charge in [-0.15, -0.1) is 0 Å². The number of aromatic hydroxyl groups is 1. The molecule has 2 aliphatic carbocycles. The molecule has 2 aliphatic rings. The van der Waals surface area contributed by atoms with Crippen molar-refractivity contribution in [2.75, 3.05) is 20.6 Å². The average molecular weight is 331 g/mol. The van der Waals surface area contributed by atoms with E-state index in [0.717, 1.165) is 51.5 Å². The highest BCUT2D eigenvalue weighted by molar-refractivity contribution is 5.67. The fourth-order valence-corrected chi connectivity index (χ4v) is 4.99. The fraction of sp³-hybridized carbons (Fsp3) is 0.650. The van der Waals surface area contributed by atoms with Crippen molar-refractivity contribution in [1.82, 2.24) is 4.90 Å². The molecule has 0 amide bonds. The number of nitrogens with zero attached hydrogens (tertiary/aromatic N) is 1. The minimum Gasteiger partial charge on any atom is -0.508 e. The summed E-state index contributed by atoms with van der Waals surface area (Å²) in [5.41, 5.74) is 1.90. The van der Waals surface area contributed by atoms with Crippen molar-refractivity contribution in [1.29, 1.82) is 0 Å². The van der Waals surface area contributed by atoms with Crippen molar-refractivity contribution < 1.29 is 14.6 Å². The van der Waals surface area contributed by atoms with Gasteiger partial charge >= 0.3 is 5.97 Å². The molecule has 0 aliphatic heterocycles. The molecule has 0 radical (unpaired) electrons. The van der Waals surface area contributed by atoms with Crippen molar-refractivity contribution in [3.63, 3.8) is 0 Å². The highest BCUT2D eigenvalue weighted by Crippen LogP contribution is 2.57. The van der Waals surface area contributed by atoms with Crippen LogP contribution < -0.4 is 0 Å². The molecule has 4 heteroatoms. The first-order valence-electron chi connectivity index (χ1n) is 9.05. The Morgan fingerprint density at radius 2 is 2.00 bits per heavy atom. The van der Waals surface area contributed by atoms with Gasteiger partial charge in [-0.25, -0.2) is 0 Å². The maximum Gasteiger partial charge on any atom is 0.303 e. The summed E-state index contributed by atoms with van der Waals surface area (Å²) in [5.74, 6) is 0.122. The number of hydrogen-bond acceptors (Lipinski definition) is 4. The van der Waals surface area contributed by atoms with Gasteiger partial charge in [-0.3, -0.25) is 4.79 Å². The van der Waals surface area contributed by atoms with Crippen molar-refractivity contribution in [2.45, 2.75) is 62.9 Å². The van der Waals surface area contributed by atoms with Gasteiger partial charge in [0.15, 0.2) is 0 Å². The highest BCUT2D eigenvalue weighted by Gasteiger charge is 2.58. The smallest absolute Gasteiger partial charge is 0.303 e. The molecule has 1 saturated carbocycles. The average Bonchev–Trinajstić information content (AvgIpc) is 2.52. The Bertz CT molecular complexity index is 627. The summed E-state index contributed by atoms with van der Waals surface area (Å²) in [7, 11) is 4.17. The Morgan fingerprint density at radius 1 is 1.25 bits per heavy atom. The van der Waals surface area contributed by atoms with Gasteiger partial charge in [0, 0.05) is 12.3 Å². The number of aryl methyl sites for hydroxylation is 1. The van der Waals surface area contributed by atoms with Crippen LogP contribution in [0.1, 0.15) is 56.6 Å². The zero-order valence-corrected chi connectivity index (χ0v) is 15.1. The van der Waals surface area contributed by atoms with Crippen LogP contribution in [0.5, 0.6) is 5.75 Å². The number of fused-ring (bicyclic) bond motifs is 3. The first-order valence-corrected chi connectivity index (χ1v) is 9.05. The second-order valence-corrected chi connectivity index (χ2v) is 7.77. The van der Waals surface area contributed by atoms with E-state index in [2.05, 4.69) is 19.0 Å². The number of benzene rings is 1. The normalized spacial score (nSPS) is 29.0. The van der Waals surface area contributed by atoms with Crippen LogP contribution in [-0.4, -0.2) is 42.2 Å². The van der Waals surface area contributed by atoms with Crippen LogP contribution in [0.25, 0.3) is 0 Å². The molecule has 1 aromatic rings. The number of ether oxygens (including phenoxy) is 1. The lowest BCUT2D eigenvalue weighted by Crippen LogP contribution is -2.59. The minimum atomic E-state index is -0.423. The summed E-state index contributed by atoms with van der Waals surface area (Å²) in [5, 5.41) is 10.1. The van der Waals surface area contributed by atoms with Gasteiger partial charge in [-0.1, -0.05) is 12.5 Å². The molecule has 132 valence electrons. The van der Waals surface area contributed by atoms with Crippen LogP contribution in [0.2, 0.25) is 0 Å². The minimum absolute atomic E-state index is 0.185. The lowest BCUT2D eigenvalue weighted by Gasteiger charge is -2.56. The summed E-state index contributed by atoms with van der Waals surface area (Å²) in [6, 6.07) is 5.75. The van der Waals surface area contributed by atoms with Crippen LogP contribution in [0, 0.1) is 0 Å². The summed E-state index contributed by atoms with van der Waals surface area (Å²) >= 11 is 0. The number of esters is 1. The summed E-state index contributed by atoms with van der Waals surface area (Å²) in [4.78, 5) is 14.1. The lowest BCUT2D eigenvalue weighted by atomic mass is 9.53. The molecule has 0 bridgehead atoms. The van der Waals surface area contributed by atoms with Crippen molar-refractivity contribution in [3.05, 3.63) is 29.3 Å². The van der Waals surface area contributed by atoms with E-state index >= 15 is 0 Å². The largest absolute Gasteiger partial charge is 0.508 e. The number of carbonyl (C=O) groups excluding carboxylic acids is 1. The monoisotopic (exact) mass is 331 g/mol. The highest BCUT2D eigenvalue weighted by atomic mass is 16.6. The molecule has 1 N–H and O–H groups in total. The fourth-order valence-electron chi connectivity index (χ4n) is 4.99. The van der Waals surface area contributed by atoms with E-state index in [1.165, 1.54) is 18.1 Å². The van der Waals surface area contributed by atoms with Gasteiger partial charge in [0.25, 0.3) is 0 Å². The summed E-state index contributed by atoms with van der Waals surface area (Å²) in [6.07, 6.45) is 6.94. The molecular weight excluding hydrogens is 302 g/mol. The second kappa shape index (κ2) is 6.40. The Labute approximate surface area is 144 Å². The van der Waals surface area contributed by atoms with Gasteiger partial charge in [0.1, 0.15) is 11.4 Å². The van der Waals surface area contributed by atoms with E-state index in [1.807, 2.05) is 12.1 Å². The standard InChI is InChI=1S/C20H29NO3/c1-15(22)24-20-10-5-4-9-19(20,12-13-21(2)3)18-14-17(23)7-6-16(18)8-11-20/h6-7,14,23H,4-5,8-13H2,1-3H3/t19-,20+/m1/s1. The molecule has 24 heavy (non-hydrogen) atoms. The predicted molar refractivity (Wildman–Crippen MR) is 94.2 cm³/mol. The van der Waals surface area contributed by atoms with Crippen LogP contribution in [0.4, 0.5) is 0 Å². The third-order valence-electron chi connectivity index (χ3n) is 6.04. The number of carbonyl (C=O) groups is 1. The molecule has 0 heterocycles. The molecule has 4 nitrogen and oxygen atoms in total. The van der Waals surface area contributed by atoms with E-state index in [4.69, 9.17) is 4.74 Å². The van der Waals surface area contributed by atoms with E-state index in [0.29, 0.717) is 5.75 Å². The zero-order valence-electron chi connectivity index (χ0n) is 15.1. The SMILES string of the molecule is CC(=O)O[C@]12CCCC[C@@]1(CCN(C)C)c1cc(O)ccc1CC2. The molecule has 3 rings (SSSR count). The number of rotatable bonds is 4. The Kier molecular flexibility index (Phi) is 4.60. The number of phenolic OH excluding ortho intramolecular Hbond substituents is 1. The Hall–Kier alpha value is -1.55. The molecule has 2 atom stereocenters. The van der Waals surface area contributed by atoms with Crippen LogP contribution in [0.3, 0.4) is 0 Å². The molecule has 1 aromatic carbocycles. The van der Waals surface area contributed by atoms with Gasteiger partial charge < -0.3 is 14.7 Å². The first kappa shape index (κ1) is 17.3. The molecule has 0 unspecified atom stereocenters.